The van der Waals surface area contributed by atoms with Crippen molar-refractivity contribution in [2.45, 2.75) is 25.3 Å². The Morgan fingerprint density at radius 1 is 1.50 bits per heavy atom. The maximum atomic E-state index is 11.9. The molecule has 0 fully saturated rings. The number of aromatic nitrogens is 2. The molecule has 0 saturated heterocycles. The number of sulfonamides is 1. The van der Waals surface area contributed by atoms with Crippen LogP contribution in [0.15, 0.2) is 17.3 Å². The van der Waals surface area contributed by atoms with Crippen LogP contribution in [-0.4, -0.2) is 41.7 Å². The number of carbonyl (C=O) groups is 2. The summed E-state index contributed by atoms with van der Waals surface area (Å²) in [4.78, 5) is 21.4. The van der Waals surface area contributed by atoms with Crippen molar-refractivity contribution in [3.8, 4) is 0 Å². The lowest BCUT2D eigenvalue weighted by Gasteiger charge is -2.20. The zero-order chi connectivity index (χ0) is 15.6. The van der Waals surface area contributed by atoms with Gasteiger partial charge in [0.2, 0.25) is 15.9 Å². The van der Waals surface area contributed by atoms with Gasteiger partial charge in [0.05, 0.1) is 11.6 Å². The molecule has 0 aromatic carbocycles. The van der Waals surface area contributed by atoms with E-state index in [1.807, 2.05) is 0 Å². The number of carboxylic acids is 1. The van der Waals surface area contributed by atoms with E-state index in [1.165, 1.54) is 13.8 Å². The number of amides is 1. The number of nitrogens with zero attached hydrogens (tertiary/aromatic N) is 2. The number of aliphatic carboxylic acids is 1. The first kappa shape index (κ1) is 16.1. The highest BCUT2D eigenvalue weighted by atomic mass is 32.2. The SMILES string of the molecule is CC(C)(CNS(=O)(=O)c1cnn(CC(=O)O)c1)C(N)=O. The van der Waals surface area contributed by atoms with Gasteiger partial charge in [0.1, 0.15) is 11.4 Å². The zero-order valence-corrected chi connectivity index (χ0v) is 11.8. The van der Waals surface area contributed by atoms with Crippen molar-refractivity contribution in [1.29, 1.82) is 0 Å². The standard InChI is InChI=1S/C10H16N4O5S/c1-10(2,9(11)17)6-13-20(18,19)7-3-12-14(4-7)5-8(15)16/h3-4,13H,5-6H2,1-2H3,(H2,11,17)(H,15,16). The monoisotopic (exact) mass is 304 g/mol. The van der Waals surface area contributed by atoms with E-state index in [4.69, 9.17) is 10.8 Å². The number of rotatable bonds is 7. The minimum absolute atomic E-state index is 0.172. The summed E-state index contributed by atoms with van der Waals surface area (Å²) in [5, 5.41) is 12.2. The lowest BCUT2D eigenvalue weighted by Crippen LogP contribution is -2.42. The fourth-order valence-electron chi connectivity index (χ4n) is 1.15. The van der Waals surface area contributed by atoms with Gasteiger partial charge in [-0.2, -0.15) is 5.10 Å². The van der Waals surface area contributed by atoms with Crippen LogP contribution < -0.4 is 10.5 Å². The summed E-state index contributed by atoms with van der Waals surface area (Å²) < 4.78 is 27.1. The molecule has 1 heterocycles. The molecule has 4 N–H and O–H groups in total. The quantitative estimate of drug-likeness (QED) is 0.574. The van der Waals surface area contributed by atoms with Crippen LogP contribution in [0.1, 0.15) is 13.8 Å². The molecule has 0 aliphatic carbocycles. The minimum atomic E-state index is -3.88. The number of carbonyl (C=O) groups excluding carboxylic acids is 1. The molecule has 20 heavy (non-hydrogen) atoms. The van der Waals surface area contributed by atoms with Crippen molar-refractivity contribution in [2.24, 2.45) is 11.1 Å². The van der Waals surface area contributed by atoms with Crippen molar-refractivity contribution < 1.29 is 23.1 Å². The summed E-state index contributed by atoms with van der Waals surface area (Å²) in [6.07, 6.45) is 2.12. The molecule has 112 valence electrons. The molecule has 1 aromatic rings. The van der Waals surface area contributed by atoms with Crippen LogP contribution in [0.4, 0.5) is 0 Å². The van der Waals surface area contributed by atoms with Gasteiger partial charge in [0.15, 0.2) is 0 Å². The molecule has 10 heteroatoms. The van der Waals surface area contributed by atoms with Crippen LogP contribution in [-0.2, 0) is 26.2 Å². The Kier molecular flexibility index (Phi) is 4.50. The normalized spacial score (nSPS) is 12.3. The molecule has 0 aliphatic heterocycles. The molecule has 1 aromatic heterocycles. The predicted octanol–water partition coefficient (Wildman–Crippen LogP) is -1.24. The third kappa shape index (κ3) is 4.03. The van der Waals surface area contributed by atoms with Gasteiger partial charge < -0.3 is 10.8 Å². The van der Waals surface area contributed by atoms with Crippen LogP contribution in [0.3, 0.4) is 0 Å². The average molecular weight is 304 g/mol. The maximum Gasteiger partial charge on any atom is 0.325 e. The predicted molar refractivity (Wildman–Crippen MR) is 68.0 cm³/mol. The molecule has 0 spiro atoms. The smallest absolute Gasteiger partial charge is 0.325 e. The van der Waals surface area contributed by atoms with Gasteiger partial charge >= 0.3 is 5.97 Å². The second kappa shape index (κ2) is 5.59. The highest BCUT2D eigenvalue weighted by Crippen LogP contribution is 2.14. The molecule has 0 unspecified atom stereocenters. The summed E-state index contributed by atoms with van der Waals surface area (Å²) in [5.41, 5.74) is 4.10. The van der Waals surface area contributed by atoms with E-state index in [-0.39, 0.29) is 11.4 Å². The molecule has 0 radical (unpaired) electrons. The van der Waals surface area contributed by atoms with E-state index in [1.54, 1.807) is 0 Å². The molecule has 1 rings (SSSR count). The number of carboxylic acid groups (broad SMARTS) is 1. The number of nitrogens with two attached hydrogens (primary N) is 1. The first-order valence-electron chi connectivity index (χ1n) is 5.58. The van der Waals surface area contributed by atoms with Crippen molar-refractivity contribution in [2.75, 3.05) is 6.54 Å². The molecule has 0 atom stereocenters. The van der Waals surface area contributed by atoms with E-state index in [0.29, 0.717) is 0 Å². The molecule has 9 nitrogen and oxygen atoms in total. The number of nitrogens with one attached hydrogen (secondary N) is 1. The number of hydrogen-bond acceptors (Lipinski definition) is 5. The average Bonchev–Trinajstić information content (AvgIpc) is 2.75. The van der Waals surface area contributed by atoms with Crippen LogP contribution >= 0.6 is 0 Å². The van der Waals surface area contributed by atoms with Gasteiger partial charge in [-0.1, -0.05) is 0 Å². The summed E-state index contributed by atoms with van der Waals surface area (Å²) in [6, 6.07) is 0. The Labute approximate surface area is 115 Å². The third-order valence-corrected chi connectivity index (χ3v) is 3.94. The maximum absolute atomic E-state index is 11.9. The Morgan fingerprint density at radius 3 is 2.60 bits per heavy atom. The molecule has 0 bridgehead atoms. The van der Waals surface area contributed by atoms with Gasteiger partial charge in [0.25, 0.3) is 0 Å². The van der Waals surface area contributed by atoms with Gasteiger partial charge in [-0.25, -0.2) is 13.1 Å². The fourth-order valence-corrected chi connectivity index (χ4v) is 2.32. The van der Waals surface area contributed by atoms with Gasteiger partial charge in [-0.15, -0.1) is 0 Å². The largest absolute Gasteiger partial charge is 0.480 e. The molecule has 0 aliphatic rings. The van der Waals surface area contributed by atoms with Gasteiger partial charge in [0, 0.05) is 12.7 Å². The highest BCUT2D eigenvalue weighted by Gasteiger charge is 2.28. The first-order chi connectivity index (χ1) is 9.04. The lowest BCUT2D eigenvalue weighted by molar-refractivity contribution is -0.137. The van der Waals surface area contributed by atoms with Gasteiger partial charge in [-0.3, -0.25) is 14.3 Å². The van der Waals surface area contributed by atoms with Crippen molar-refractivity contribution in [3.63, 3.8) is 0 Å². The van der Waals surface area contributed by atoms with Crippen LogP contribution in [0.2, 0.25) is 0 Å². The lowest BCUT2D eigenvalue weighted by atomic mass is 9.93. The first-order valence-corrected chi connectivity index (χ1v) is 7.07. The van der Waals surface area contributed by atoms with E-state index < -0.39 is 33.9 Å². The summed E-state index contributed by atoms with van der Waals surface area (Å²) in [7, 11) is -3.88. The van der Waals surface area contributed by atoms with Crippen LogP contribution in [0.5, 0.6) is 0 Å². The fraction of sp³-hybridized carbons (Fsp3) is 0.500. The Hall–Kier alpha value is -1.94. The highest BCUT2D eigenvalue weighted by molar-refractivity contribution is 7.89. The summed E-state index contributed by atoms with van der Waals surface area (Å²) in [6.45, 7) is 2.40. The molecular formula is C10H16N4O5S. The summed E-state index contributed by atoms with van der Waals surface area (Å²) in [5.74, 6) is -1.78. The third-order valence-electron chi connectivity index (χ3n) is 2.59. The Balaban J connectivity index is 2.82. The Bertz CT molecular complexity index is 619. The minimum Gasteiger partial charge on any atom is -0.480 e. The number of primary amides is 1. The topological polar surface area (TPSA) is 144 Å². The zero-order valence-electron chi connectivity index (χ0n) is 11.0. The molecule has 1 amide bonds. The van der Waals surface area contributed by atoms with Crippen molar-refractivity contribution in [3.05, 3.63) is 12.4 Å². The van der Waals surface area contributed by atoms with Crippen molar-refractivity contribution in [1.82, 2.24) is 14.5 Å². The van der Waals surface area contributed by atoms with E-state index in [0.717, 1.165) is 17.1 Å². The van der Waals surface area contributed by atoms with E-state index in [2.05, 4.69) is 9.82 Å². The molecular weight excluding hydrogens is 288 g/mol. The molecule has 0 saturated carbocycles. The Morgan fingerprint density at radius 2 is 2.10 bits per heavy atom. The van der Waals surface area contributed by atoms with Crippen LogP contribution in [0.25, 0.3) is 0 Å². The number of hydrogen-bond donors (Lipinski definition) is 3. The second-order valence-corrected chi connectivity index (χ2v) is 6.61. The summed E-state index contributed by atoms with van der Waals surface area (Å²) >= 11 is 0. The van der Waals surface area contributed by atoms with E-state index >= 15 is 0 Å². The second-order valence-electron chi connectivity index (χ2n) is 4.84. The van der Waals surface area contributed by atoms with Crippen LogP contribution in [0, 0.1) is 5.41 Å². The van der Waals surface area contributed by atoms with Gasteiger partial charge in [-0.05, 0) is 13.8 Å². The van der Waals surface area contributed by atoms with Crippen molar-refractivity contribution >= 4 is 21.9 Å². The van der Waals surface area contributed by atoms with E-state index in [9.17, 15) is 18.0 Å².